The number of benzene rings is 5. The van der Waals surface area contributed by atoms with Gasteiger partial charge in [0.05, 0.1) is 60.7 Å². The first-order chi connectivity index (χ1) is 66.0. The maximum Gasteiger partial charge on any atom is 0.233 e. The van der Waals surface area contributed by atoms with Crippen LogP contribution in [0.5, 0.6) is 28.7 Å². The van der Waals surface area contributed by atoms with Gasteiger partial charge in [0, 0.05) is 84.8 Å². The highest BCUT2D eigenvalue weighted by molar-refractivity contribution is 6.35. The molecule has 3 saturated heterocycles. The minimum absolute atomic E-state index is 0. The third kappa shape index (κ3) is 38.7. The third-order valence-electron chi connectivity index (χ3n) is 23.6. The first kappa shape index (κ1) is 113. The molecule has 752 valence electrons. The maximum atomic E-state index is 6.32. The number of nitrogens with zero attached hydrogens (tertiary/aromatic N) is 20. The van der Waals surface area contributed by atoms with Gasteiger partial charge < -0.3 is 96.5 Å². The molecule has 3 saturated carbocycles. The Bertz CT molecular complexity index is 5130. The number of hydrogen-bond donors (Lipinski definition) is 9. The van der Waals surface area contributed by atoms with E-state index in [-0.39, 0.29) is 50.1 Å². The van der Waals surface area contributed by atoms with E-state index in [4.69, 9.17) is 187 Å². The Kier molecular flexibility index (Phi) is 48.7. The van der Waals surface area contributed by atoms with E-state index in [1.165, 1.54) is 103 Å². The fourth-order valence-electron chi connectivity index (χ4n) is 15.8. The molecule has 138 heavy (non-hydrogen) atoms. The Hall–Kier alpha value is -8.53. The van der Waals surface area contributed by atoms with Crippen molar-refractivity contribution in [2.75, 3.05) is 170 Å². The molecule has 0 amide bonds. The zero-order valence-corrected chi connectivity index (χ0v) is 88.6. The van der Waals surface area contributed by atoms with Crippen molar-refractivity contribution in [2.45, 2.75) is 190 Å². The van der Waals surface area contributed by atoms with Crippen LogP contribution in [0.1, 0.15) is 154 Å². The minimum Gasteiger partial charge on any atom is -0.495 e. The van der Waals surface area contributed by atoms with Crippen molar-refractivity contribution in [1.82, 2.24) is 94.8 Å². The van der Waals surface area contributed by atoms with E-state index in [2.05, 4.69) is 154 Å². The lowest BCUT2D eigenvalue weighted by Crippen LogP contribution is -2.42. The number of halogens is 12. The number of likely N-dealkylation sites (tertiary alicyclic amines) is 3. The first-order valence-electron chi connectivity index (χ1n) is 45.7. The molecular formula is C92H125Cl12N29O5. The highest BCUT2D eigenvalue weighted by Crippen LogP contribution is 2.36. The Balaban J connectivity index is 0.000000190. The zero-order valence-electron chi connectivity index (χ0n) is 79.5. The fourth-order valence-corrected chi connectivity index (χ4v) is 18.2. The quantitative estimate of drug-likeness (QED) is 0.0200. The number of anilines is 14. The van der Waals surface area contributed by atoms with Crippen LogP contribution in [0.4, 0.5) is 82.0 Å². The van der Waals surface area contributed by atoms with Crippen LogP contribution in [0.15, 0.2) is 91.0 Å². The van der Waals surface area contributed by atoms with Gasteiger partial charge in [-0.05, 0) is 299 Å². The summed E-state index contributed by atoms with van der Waals surface area (Å²) in [4.78, 5) is 74.7. The predicted octanol–water partition coefficient (Wildman–Crippen LogP) is 23.0. The number of nitrogens with two attached hydrogens (primary N) is 1. The lowest BCUT2D eigenvalue weighted by molar-refractivity contribution is 0.240. The summed E-state index contributed by atoms with van der Waals surface area (Å²) in [5.41, 5.74) is 9.15. The van der Waals surface area contributed by atoms with E-state index in [1.54, 1.807) is 84.1 Å². The molecular weight excluding hydrogens is 2020 g/mol. The van der Waals surface area contributed by atoms with Gasteiger partial charge in [-0.15, -0.1) is 12.4 Å². The monoisotopic (exact) mass is 2140 g/mol. The third-order valence-corrected chi connectivity index (χ3v) is 26.1. The lowest BCUT2D eigenvalue weighted by Gasteiger charge is -2.35. The van der Waals surface area contributed by atoms with Crippen LogP contribution in [-0.2, 0) is 0 Å². The molecule has 3 aliphatic heterocycles. The molecule has 6 aliphatic rings. The number of nitrogens with one attached hydrogen (secondary N) is 8. The largest absolute Gasteiger partial charge is 0.495 e. The second kappa shape index (κ2) is 59.4. The summed E-state index contributed by atoms with van der Waals surface area (Å²) in [6.45, 7) is 6.86. The van der Waals surface area contributed by atoms with Crippen molar-refractivity contribution in [3.8, 4) is 28.7 Å². The van der Waals surface area contributed by atoms with Crippen molar-refractivity contribution in [2.24, 2.45) is 0 Å². The number of piperidine rings is 3. The summed E-state index contributed by atoms with van der Waals surface area (Å²) in [6.07, 6.45) is 29.2. The van der Waals surface area contributed by atoms with Crippen LogP contribution < -0.4 is 81.8 Å². The Morgan fingerprint density at radius 1 is 0.290 bits per heavy atom. The number of hydrogen-bond acceptors (Lipinski definition) is 34. The molecule has 0 radical (unpaired) electrons. The molecule has 10 N–H and O–H groups in total. The van der Waals surface area contributed by atoms with E-state index in [0.29, 0.717) is 143 Å². The Morgan fingerprint density at radius 2 is 0.543 bits per heavy atom. The van der Waals surface area contributed by atoms with E-state index in [1.807, 2.05) is 42.5 Å². The van der Waals surface area contributed by atoms with E-state index in [9.17, 15) is 0 Å². The van der Waals surface area contributed by atoms with Gasteiger partial charge >= 0.3 is 0 Å². The highest BCUT2D eigenvalue weighted by Gasteiger charge is 2.28. The maximum absolute atomic E-state index is 6.32. The van der Waals surface area contributed by atoms with Gasteiger partial charge in [-0.1, -0.05) is 135 Å². The van der Waals surface area contributed by atoms with Crippen LogP contribution in [-0.4, -0.2) is 243 Å². The number of rotatable bonds is 24. The molecule has 16 rings (SSSR count). The molecule has 5 aromatic carbocycles. The van der Waals surface area contributed by atoms with Crippen LogP contribution >= 0.6 is 140 Å². The molecule has 5 aromatic heterocycles. The summed E-state index contributed by atoms with van der Waals surface area (Å²) in [6, 6.07) is 29.5. The molecule has 0 bridgehead atoms. The van der Waals surface area contributed by atoms with Gasteiger partial charge in [-0.3, -0.25) is 0 Å². The normalized spacial score (nSPS) is 15.9. The topological polar surface area (TPSA) is 378 Å². The highest BCUT2D eigenvalue weighted by atomic mass is 35.5. The molecule has 10 aromatic rings. The lowest BCUT2D eigenvalue weighted by atomic mass is 10.0. The second-order valence-electron chi connectivity index (χ2n) is 33.6. The van der Waals surface area contributed by atoms with Crippen LogP contribution in [0.25, 0.3) is 0 Å². The van der Waals surface area contributed by atoms with Gasteiger partial charge in [0.1, 0.15) is 28.7 Å². The van der Waals surface area contributed by atoms with Crippen molar-refractivity contribution in [3.63, 3.8) is 0 Å². The molecule has 3 aliphatic carbocycles. The molecule has 0 spiro atoms. The number of aromatic nitrogens is 15. The smallest absolute Gasteiger partial charge is 0.233 e. The molecule has 0 unspecified atom stereocenters. The summed E-state index contributed by atoms with van der Waals surface area (Å²) < 4.78 is 25.6. The van der Waals surface area contributed by atoms with Gasteiger partial charge in [0.25, 0.3) is 0 Å². The van der Waals surface area contributed by atoms with Crippen LogP contribution in [0, 0.1) is 0 Å². The van der Waals surface area contributed by atoms with Crippen molar-refractivity contribution in [3.05, 3.63) is 148 Å². The van der Waals surface area contributed by atoms with E-state index < -0.39 is 0 Å². The fraction of sp³-hybridized carbons (Fsp3) is 0.511. The van der Waals surface area contributed by atoms with Crippen molar-refractivity contribution in [1.29, 1.82) is 0 Å². The van der Waals surface area contributed by atoms with Crippen molar-refractivity contribution < 1.29 is 23.7 Å². The summed E-state index contributed by atoms with van der Waals surface area (Å²) >= 11 is 63.8. The predicted molar refractivity (Wildman–Crippen MR) is 567 cm³/mol. The summed E-state index contributed by atoms with van der Waals surface area (Å²) in [5, 5.41) is 29.3. The first-order valence-corrected chi connectivity index (χ1v) is 49.9. The average molecular weight is 2140 g/mol. The van der Waals surface area contributed by atoms with E-state index >= 15 is 0 Å². The number of nitrogen functional groups attached to an aromatic ring is 1. The number of methoxy groups -OCH3 is 5. The van der Waals surface area contributed by atoms with Crippen molar-refractivity contribution >= 4 is 222 Å². The second-order valence-corrected chi connectivity index (χ2v) is 37.7. The SMILES string of the molecule is CNC1CCN(C)CC1.COc1cc(N)ccc1Cl.COc1ccc(Nc2nc(Cl)nc(Cl)n2)cc1Cl.COc1ccc(Nc2nc(Cl)nc(NC3CCCCCC3)n2)cc1Cl.COc1ccc(Nc2nc(NC3CCCCCC3)nc(N(C)C3CCN(C)CC3)n2)cc1Cl.COc1ccc(Nc2nc(NC3CCCCCC3)nc(N(C)C3CCN(C)CC3)n2)cc1Cl.Cl.Clc1nc(Cl)nc(Cl)n1. The van der Waals surface area contributed by atoms with Gasteiger partial charge in [0.2, 0.25) is 85.2 Å². The average Bonchev–Trinajstić information content (AvgIpc) is 0.851. The Morgan fingerprint density at radius 3 is 0.826 bits per heavy atom. The molecule has 34 nitrogen and oxygen atoms in total. The zero-order chi connectivity index (χ0) is 98.3. The van der Waals surface area contributed by atoms with Gasteiger partial charge in [-0.2, -0.15) is 74.8 Å². The van der Waals surface area contributed by atoms with Gasteiger partial charge in [0.15, 0.2) is 0 Å². The number of ether oxygens (including phenoxy) is 5. The molecule has 8 heterocycles. The van der Waals surface area contributed by atoms with Crippen LogP contribution in [0.2, 0.25) is 56.8 Å². The molecule has 46 heteroatoms. The van der Waals surface area contributed by atoms with Crippen LogP contribution in [0.3, 0.4) is 0 Å². The standard InChI is InChI=1S/2C24H36ClN7O.C17H21Cl2N5O.C10H7Cl3N4O.C7H8ClNO.C7H16N2.C3Cl3N3.ClH/c2*1-31-14-12-19(13-15-31)32(2)24-29-22(26-17-8-6-4-5-7-9-17)28-23(30-24)27-18-10-11-21(33-3)20(25)16-18;1-25-14-9-8-12(10-13(14)18)21-17-23-15(19)22-16(24-17)20-11-6-4-2-3-5-7-11;1-18-7-3-2-5(4-6(7)11)14-10-16-8(12)15-9(13)17-10;1-10-7-4-5(9)2-3-6(7)8;1-8-7-3-5-9(2)6-4-7;4-1-7-2(5)9-3(6)8-1;/h2*10-11,16-17,19H,4-9,12-15H2,1-3H3,(H2,26,27,28,29,30);8-11H,2-7H2,1H3,(H2,20,21,22,23,24);2-4H,1H3,(H,14,15,16,17);2-4H,9H2,1H3;7-8H,3-6H2,1-2H3;;1H. The minimum atomic E-state index is 0. The molecule has 0 atom stereocenters. The Labute approximate surface area is 870 Å². The molecule has 6 fully saturated rings. The van der Waals surface area contributed by atoms with Gasteiger partial charge in [-0.25, -0.2) is 0 Å². The summed E-state index contributed by atoms with van der Waals surface area (Å²) in [7, 11) is 20.7. The summed E-state index contributed by atoms with van der Waals surface area (Å²) in [5.74, 6) is 7.85. The van der Waals surface area contributed by atoms with E-state index in [0.717, 1.165) is 113 Å².